The Balaban J connectivity index is 0.00000529. The van der Waals surface area contributed by atoms with Crippen molar-refractivity contribution in [2.75, 3.05) is 39.3 Å². The summed E-state index contributed by atoms with van der Waals surface area (Å²) < 4.78 is 5.57. The van der Waals surface area contributed by atoms with Gasteiger partial charge < -0.3 is 15.4 Å². The summed E-state index contributed by atoms with van der Waals surface area (Å²) >= 11 is 0. The minimum Gasteiger partial charge on any atom is -0.379 e. The van der Waals surface area contributed by atoms with Crippen LogP contribution in [0.4, 0.5) is 0 Å². The fourth-order valence-electron chi connectivity index (χ4n) is 2.81. The highest BCUT2D eigenvalue weighted by molar-refractivity contribution is 14.0. The third kappa shape index (κ3) is 10.0. The first-order chi connectivity index (χ1) is 11.0. The van der Waals surface area contributed by atoms with E-state index in [0.29, 0.717) is 6.10 Å². The Morgan fingerprint density at radius 1 is 1.17 bits per heavy atom. The fraction of sp³-hybridized carbons (Fsp3) is 0.944. The van der Waals surface area contributed by atoms with Gasteiger partial charge in [0.2, 0.25) is 0 Å². The Labute approximate surface area is 166 Å². The molecule has 0 radical (unpaired) electrons. The summed E-state index contributed by atoms with van der Waals surface area (Å²) in [6, 6.07) is 0. The first-order valence-electron chi connectivity index (χ1n) is 9.34. The lowest BCUT2D eigenvalue weighted by Crippen LogP contribution is -2.49. The average Bonchev–Trinajstić information content (AvgIpc) is 2.53. The van der Waals surface area contributed by atoms with Gasteiger partial charge >= 0.3 is 0 Å². The van der Waals surface area contributed by atoms with E-state index >= 15 is 0 Å². The van der Waals surface area contributed by atoms with Gasteiger partial charge in [0, 0.05) is 25.2 Å². The molecular weight excluding hydrogens is 415 g/mol. The van der Waals surface area contributed by atoms with Gasteiger partial charge in [-0.15, -0.1) is 24.0 Å². The molecule has 0 aromatic carbocycles. The van der Waals surface area contributed by atoms with Gasteiger partial charge in [-0.1, -0.05) is 6.42 Å². The average molecular weight is 454 g/mol. The highest BCUT2D eigenvalue weighted by atomic mass is 127. The number of guanidine groups is 1. The smallest absolute Gasteiger partial charge is 0.191 e. The van der Waals surface area contributed by atoms with Crippen molar-refractivity contribution < 1.29 is 4.74 Å². The molecule has 1 heterocycles. The highest BCUT2D eigenvalue weighted by Gasteiger charge is 2.27. The molecule has 1 saturated heterocycles. The zero-order valence-electron chi connectivity index (χ0n) is 16.4. The Morgan fingerprint density at radius 2 is 1.83 bits per heavy atom. The third-order valence-electron chi connectivity index (χ3n) is 4.25. The van der Waals surface area contributed by atoms with E-state index in [2.05, 4.69) is 50.2 Å². The number of nitrogens with one attached hydrogen (secondary N) is 2. The van der Waals surface area contributed by atoms with Gasteiger partial charge in [0.15, 0.2) is 5.96 Å². The topological polar surface area (TPSA) is 48.9 Å². The zero-order valence-corrected chi connectivity index (χ0v) is 18.7. The lowest BCUT2D eigenvalue weighted by Gasteiger charge is -2.40. The van der Waals surface area contributed by atoms with Crippen molar-refractivity contribution in [1.82, 2.24) is 15.5 Å². The summed E-state index contributed by atoms with van der Waals surface area (Å²) in [4.78, 5) is 7.39. The van der Waals surface area contributed by atoms with Crippen molar-refractivity contribution in [1.29, 1.82) is 0 Å². The van der Waals surface area contributed by atoms with E-state index in [0.717, 1.165) is 38.6 Å². The largest absolute Gasteiger partial charge is 0.379 e. The van der Waals surface area contributed by atoms with Crippen LogP contribution in [0.25, 0.3) is 0 Å². The number of ether oxygens (including phenoxy) is 1. The molecule has 0 atom stereocenters. The number of hydrogen-bond donors (Lipinski definition) is 2. The first kappa shape index (κ1) is 23.9. The summed E-state index contributed by atoms with van der Waals surface area (Å²) in [5, 5.41) is 6.75. The molecule has 0 saturated carbocycles. The van der Waals surface area contributed by atoms with Gasteiger partial charge in [-0.2, -0.15) is 0 Å². The maximum atomic E-state index is 5.57. The summed E-state index contributed by atoms with van der Waals surface area (Å²) in [5.74, 6) is 0.919. The van der Waals surface area contributed by atoms with Crippen molar-refractivity contribution in [3.8, 4) is 0 Å². The molecule has 6 heteroatoms. The molecule has 1 aliphatic heterocycles. The van der Waals surface area contributed by atoms with Crippen LogP contribution in [0, 0.1) is 0 Å². The van der Waals surface area contributed by atoms with Crippen LogP contribution in [0.5, 0.6) is 0 Å². The summed E-state index contributed by atoms with van der Waals surface area (Å²) in [6.45, 7) is 16.7. The molecule has 1 rings (SSSR count). The second-order valence-electron chi connectivity index (χ2n) is 7.26. The van der Waals surface area contributed by atoms with Crippen molar-refractivity contribution >= 4 is 29.9 Å². The van der Waals surface area contributed by atoms with E-state index in [1.165, 1.54) is 32.4 Å². The Kier molecular flexibility index (Phi) is 13.1. The molecule has 24 heavy (non-hydrogen) atoms. The van der Waals surface area contributed by atoms with Gasteiger partial charge in [0.1, 0.15) is 0 Å². The van der Waals surface area contributed by atoms with Crippen LogP contribution in [-0.2, 0) is 4.74 Å². The Hall–Kier alpha value is -0.0800. The van der Waals surface area contributed by atoms with Crippen LogP contribution in [-0.4, -0.2) is 61.8 Å². The van der Waals surface area contributed by atoms with E-state index in [1.807, 2.05) is 0 Å². The predicted molar refractivity (Wildman–Crippen MR) is 115 cm³/mol. The number of hydrogen-bond acceptors (Lipinski definition) is 3. The Morgan fingerprint density at radius 3 is 2.42 bits per heavy atom. The van der Waals surface area contributed by atoms with Crippen LogP contribution in [0.2, 0.25) is 0 Å². The first-order valence-corrected chi connectivity index (χ1v) is 9.34. The number of rotatable bonds is 9. The number of likely N-dealkylation sites (tertiary alicyclic amines) is 1. The SMILES string of the molecule is CCNC(=NCC(C)(C)N1CCCCC1)NCCCOC(C)C.I. The maximum absolute atomic E-state index is 5.57. The maximum Gasteiger partial charge on any atom is 0.191 e. The minimum absolute atomic E-state index is 0. The highest BCUT2D eigenvalue weighted by Crippen LogP contribution is 2.20. The van der Waals surface area contributed by atoms with Gasteiger partial charge in [0.25, 0.3) is 0 Å². The lowest BCUT2D eigenvalue weighted by atomic mass is 9.99. The molecular formula is C18H39IN4O. The molecule has 0 aromatic rings. The standard InChI is InChI=1S/C18H38N4O.HI/c1-6-19-17(20-11-10-14-23-16(2)3)21-15-18(4,5)22-12-8-7-9-13-22;/h16H,6-15H2,1-5H3,(H2,19,20,21);1H. The number of aliphatic imine (C=N–C) groups is 1. The fourth-order valence-corrected chi connectivity index (χ4v) is 2.81. The van der Waals surface area contributed by atoms with Gasteiger partial charge in [0.05, 0.1) is 12.6 Å². The lowest BCUT2D eigenvalue weighted by molar-refractivity contribution is 0.0776. The summed E-state index contributed by atoms with van der Waals surface area (Å²) in [6.07, 6.45) is 5.32. The molecule has 1 fully saturated rings. The van der Waals surface area contributed by atoms with E-state index in [-0.39, 0.29) is 29.5 Å². The van der Waals surface area contributed by atoms with Crippen LogP contribution in [0.15, 0.2) is 4.99 Å². The predicted octanol–water partition coefficient (Wildman–Crippen LogP) is 3.24. The van der Waals surface area contributed by atoms with Crippen molar-refractivity contribution in [3.63, 3.8) is 0 Å². The van der Waals surface area contributed by atoms with Crippen LogP contribution < -0.4 is 10.6 Å². The molecule has 1 aliphatic rings. The van der Waals surface area contributed by atoms with Crippen LogP contribution in [0.3, 0.4) is 0 Å². The molecule has 0 amide bonds. The molecule has 0 unspecified atom stereocenters. The van der Waals surface area contributed by atoms with Crippen LogP contribution in [0.1, 0.15) is 60.3 Å². The molecule has 0 spiro atoms. The summed E-state index contributed by atoms with van der Waals surface area (Å²) in [7, 11) is 0. The van der Waals surface area contributed by atoms with E-state index < -0.39 is 0 Å². The second kappa shape index (κ2) is 13.2. The third-order valence-corrected chi connectivity index (χ3v) is 4.25. The van der Waals surface area contributed by atoms with Crippen molar-refractivity contribution in [2.24, 2.45) is 4.99 Å². The normalized spacial score (nSPS) is 16.8. The molecule has 5 nitrogen and oxygen atoms in total. The van der Waals surface area contributed by atoms with Gasteiger partial charge in [-0.25, -0.2) is 0 Å². The molecule has 144 valence electrons. The number of halogens is 1. The van der Waals surface area contributed by atoms with Crippen molar-refractivity contribution in [3.05, 3.63) is 0 Å². The number of piperidine rings is 1. The van der Waals surface area contributed by atoms with E-state index in [1.54, 1.807) is 0 Å². The molecule has 0 aliphatic carbocycles. The molecule has 0 aromatic heterocycles. The Bertz CT molecular complexity index is 342. The van der Waals surface area contributed by atoms with E-state index in [9.17, 15) is 0 Å². The van der Waals surface area contributed by atoms with Crippen molar-refractivity contribution in [2.45, 2.75) is 71.9 Å². The molecule has 0 bridgehead atoms. The van der Waals surface area contributed by atoms with Crippen LogP contribution >= 0.6 is 24.0 Å². The quantitative estimate of drug-likeness (QED) is 0.243. The summed E-state index contributed by atoms with van der Waals surface area (Å²) in [5.41, 5.74) is 0.128. The molecule has 2 N–H and O–H groups in total. The minimum atomic E-state index is 0. The second-order valence-corrected chi connectivity index (χ2v) is 7.26. The monoisotopic (exact) mass is 454 g/mol. The number of nitrogens with zero attached hydrogens (tertiary/aromatic N) is 2. The van der Waals surface area contributed by atoms with E-state index in [4.69, 9.17) is 9.73 Å². The van der Waals surface area contributed by atoms with Gasteiger partial charge in [-0.05, 0) is 67.0 Å². The zero-order chi connectivity index (χ0) is 17.1. The van der Waals surface area contributed by atoms with Gasteiger partial charge in [-0.3, -0.25) is 9.89 Å².